The summed E-state index contributed by atoms with van der Waals surface area (Å²) in [6.45, 7) is 3.38. The Morgan fingerprint density at radius 3 is 3.00 bits per heavy atom. The third-order valence-corrected chi connectivity index (χ3v) is 3.10. The van der Waals surface area contributed by atoms with Gasteiger partial charge in [0.1, 0.15) is 0 Å². The molecular weight excluding hydrogens is 162 g/mol. The van der Waals surface area contributed by atoms with Gasteiger partial charge in [-0.1, -0.05) is 6.92 Å². The van der Waals surface area contributed by atoms with Crippen molar-refractivity contribution in [3.05, 3.63) is 18.0 Å². The van der Waals surface area contributed by atoms with Gasteiger partial charge in [0.2, 0.25) is 0 Å². The number of rotatable bonds is 2. The smallest absolute Gasteiger partial charge is 0.0540 e. The van der Waals surface area contributed by atoms with Gasteiger partial charge >= 0.3 is 0 Å². The summed E-state index contributed by atoms with van der Waals surface area (Å²) < 4.78 is 1.88. The summed E-state index contributed by atoms with van der Waals surface area (Å²) in [6, 6.07) is 0. The number of nitrogens with one attached hydrogen (secondary N) is 1. The predicted octanol–water partition coefficient (Wildman–Crippen LogP) is 1.41. The fraction of sp³-hybridized carbons (Fsp3) is 0.700. The maximum Gasteiger partial charge on any atom is 0.0540 e. The zero-order valence-corrected chi connectivity index (χ0v) is 8.38. The summed E-state index contributed by atoms with van der Waals surface area (Å²) in [4.78, 5) is 0. The van der Waals surface area contributed by atoms with E-state index in [1.54, 1.807) is 0 Å². The van der Waals surface area contributed by atoms with Gasteiger partial charge in [0.05, 0.1) is 6.20 Å². The van der Waals surface area contributed by atoms with Gasteiger partial charge in [-0.15, -0.1) is 0 Å². The highest BCUT2D eigenvalue weighted by Gasteiger charge is 2.34. The van der Waals surface area contributed by atoms with Crippen LogP contribution < -0.4 is 5.32 Å². The SMILES string of the molecule is CCC1(c2cnn(C)c2)CCCN1. The average molecular weight is 179 g/mol. The lowest BCUT2D eigenvalue weighted by atomic mass is 9.88. The van der Waals surface area contributed by atoms with Crippen molar-refractivity contribution in [3.63, 3.8) is 0 Å². The zero-order chi connectivity index (χ0) is 9.31. The molecule has 0 radical (unpaired) electrons. The molecule has 1 atom stereocenters. The van der Waals surface area contributed by atoms with E-state index in [1.807, 2.05) is 17.9 Å². The van der Waals surface area contributed by atoms with Gasteiger partial charge in [-0.2, -0.15) is 5.10 Å². The minimum Gasteiger partial charge on any atom is -0.307 e. The molecule has 1 fully saturated rings. The van der Waals surface area contributed by atoms with E-state index in [0.717, 1.165) is 13.0 Å². The average Bonchev–Trinajstić information content (AvgIpc) is 2.73. The Balaban J connectivity index is 2.30. The molecule has 1 N–H and O–H groups in total. The molecule has 1 aromatic heterocycles. The van der Waals surface area contributed by atoms with E-state index in [-0.39, 0.29) is 5.54 Å². The molecule has 72 valence electrons. The van der Waals surface area contributed by atoms with Crippen LogP contribution in [0.25, 0.3) is 0 Å². The lowest BCUT2D eigenvalue weighted by Gasteiger charge is -2.26. The topological polar surface area (TPSA) is 29.9 Å². The molecule has 0 bridgehead atoms. The van der Waals surface area contributed by atoms with Crippen molar-refractivity contribution in [1.82, 2.24) is 15.1 Å². The van der Waals surface area contributed by atoms with Crippen molar-refractivity contribution in [2.75, 3.05) is 6.54 Å². The summed E-state index contributed by atoms with van der Waals surface area (Å²) in [6.07, 6.45) is 7.79. The second kappa shape index (κ2) is 3.14. The van der Waals surface area contributed by atoms with E-state index in [2.05, 4.69) is 23.5 Å². The number of aryl methyl sites for hydroxylation is 1. The molecule has 1 unspecified atom stereocenters. The van der Waals surface area contributed by atoms with Crippen molar-refractivity contribution in [2.45, 2.75) is 31.7 Å². The van der Waals surface area contributed by atoms with Crippen molar-refractivity contribution in [2.24, 2.45) is 7.05 Å². The molecule has 13 heavy (non-hydrogen) atoms. The molecule has 1 saturated heterocycles. The predicted molar refractivity (Wildman–Crippen MR) is 52.4 cm³/mol. The molecule has 0 spiro atoms. The first-order chi connectivity index (χ1) is 6.27. The first kappa shape index (κ1) is 8.75. The van der Waals surface area contributed by atoms with Crippen molar-refractivity contribution in [3.8, 4) is 0 Å². The largest absolute Gasteiger partial charge is 0.307 e. The summed E-state index contributed by atoms with van der Waals surface area (Å²) in [7, 11) is 1.97. The quantitative estimate of drug-likeness (QED) is 0.744. The van der Waals surface area contributed by atoms with E-state index < -0.39 is 0 Å². The van der Waals surface area contributed by atoms with Crippen LogP contribution in [0.1, 0.15) is 31.7 Å². The van der Waals surface area contributed by atoms with E-state index in [9.17, 15) is 0 Å². The molecular formula is C10H17N3. The molecule has 0 aromatic carbocycles. The molecule has 2 heterocycles. The van der Waals surface area contributed by atoms with Gasteiger partial charge in [-0.25, -0.2) is 0 Å². The molecule has 1 aliphatic rings. The summed E-state index contributed by atoms with van der Waals surface area (Å²) in [5.41, 5.74) is 1.56. The molecule has 1 aliphatic heterocycles. The van der Waals surface area contributed by atoms with Crippen LogP contribution in [-0.4, -0.2) is 16.3 Å². The summed E-state index contributed by atoms with van der Waals surface area (Å²) >= 11 is 0. The lowest BCUT2D eigenvalue weighted by Crippen LogP contribution is -2.35. The minimum absolute atomic E-state index is 0.217. The number of nitrogens with zero attached hydrogens (tertiary/aromatic N) is 2. The molecule has 3 nitrogen and oxygen atoms in total. The van der Waals surface area contributed by atoms with Crippen LogP contribution in [0.15, 0.2) is 12.4 Å². The Kier molecular flexibility index (Phi) is 2.12. The summed E-state index contributed by atoms with van der Waals surface area (Å²) in [5, 5.41) is 7.83. The van der Waals surface area contributed by atoms with Crippen LogP contribution in [0, 0.1) is 0 Å². The monoisotopic (exact) mass is 179 g/mol. The van der Waals surface area contributed by atoms with Crippen molar-refractivity contribution >= 4 is 0 Å². The van der Waals surface area contributed by atoms with Crippen molar-refractivity contribution < 1.29 is 0 Å². The van der Waals surface area contributed by atoms with Crippen LogP contribution in [0.3, 0.4) is 0 Å². The van der Waals surface area contributed by atoms with Gasteiger partial charge in [0, 0.05) is 24.3 Å². The molecule has 3 heteroatoms. The Labute approximate surface area is 79.1 Å². The Hall–Kier alpha value is -0.830. The third-order valence-electron chi connectivity index (χ3n) is 3.10. The van der Waals surface area contributed by atoms with Gasteiger partial charge < -0.3 is 5.32 Å². The van der Waals surface area contributed by atoms with Gasteiger partial charge in [0.25, 0.3) is 0 Å². The van der Waals surface area contributed by atoms with Crippen LogP contribution in [-0.2, 0) is 12.6 Å². The number of hydrogen-bond acceptors (Lipinski definition) is 2. The highest BCUT2D eigenvalue weighted by Crippen LogP contribution is 2.33. The van der Waals surface area contributed by atoms with E-state index >= 15 is 0 Å². The Morgan fingerprint density at radius 1 is 1.69 bits per heavy atom. The minimum atomic E-state index is 0.217. The Bertz CT molecular complexity index is 284. The standard InChI is InChI=1S/C10H17N3/c1-3-10(5-4-6-11-10)9-7-12-13(2)8-9/h7-8,11H,3-6H2,1-2H3. The highest BCUT2D eigenvalue weighted by molar-refractivity contribution is 5.19. The van der Waals surface area contributed by atoms with Crippen LogP contribution in [0.5, 0.6) is 0 Å². The van der Waals surface area contributed by atoms with Crippen LogP contribution in [0.2, 0.25) is 0 Å². The lowest BCUT2D eigenvalue weighted by molar-refractivity contribution is 0.376. The molecule has 0 aliphatic carbocycles. The fourth-order valence-electron chi connectivity index (χ4n) is 2.23. The van der Waals surface area contributed by atoms with E-state index in [0.29, 0.717) is 0 Å². The first-order valence-electron chi connectivity index (χ1n) is 5.01. The fourth-order valence-corrected chi connectivity index (χ4v) is 2.23. The zero-order valence-electron chi connectivity index (χ0n) is 8.38. The van der Waals surface area contributed by atoms with Crippen molar-refractivity contribution in [1.29, 1.82) is 0 Å². The first-order valence-corrected chi connectivity index (χ1v) is 5.01. The molecule has 0 saturated carbocycles. The molecule has 1 aromatic rings. The second-order valence-electron chi connectivity index (χ2n) is 3.87. The summed E-state index contributed by atoms with van der Waals surface area (Å²) in [5.74, 6) is 0. The van der Waals surface area contributed by atoms with E-state index in [1.165, 1.54) is 18.4 Å². The van der Waals surface area contributed by atoms with Gasteiger partial charge in [-0.05, 0) is 25.8 Å². The van der Waals surface area contributed by atoms with Crippen LogP contribution >= 0.6 is 0 Å². The number of aromatic nitrogens is 2. The Morgan fingerprint density at radius 2 is 2.54 bits per heavy atom. The molecule has 0 amide bonds. The van der Waals surface area contributed by atoms with Gasteiger partial charge in [-0.3, -0.25) is 4.68 Å². The maximum absolute atomic E-state index is 4.23. The van der Waals surface area contributed by atoms with Crippen LogP contribution in [0.4, 0.5) is 0 Å². The third kappa shape index (κ3) is 1.37. The van der Waals surface area contributed by atoms with Gasteiger partial charge in [0.15, 0.2) is 0 Å². The number of hydrogen-bond donors (Lipinski definition) is 1. The van der Waals surface area contributed by atoms with E-state index in [4.69, 9.17) is 0 Å². The molecule has 2 rings (SSSR count). The highest BCUT2D eigenvalue weighted by atomic mass is 15.2. The maximum atomic E-state index is 4.23. The second-order valence-corrected chi connectivity index (χ2v) is 3.87. The normalized spacial score (nSPS) is 28.2.